The van der Waals surface area contributed by atoms with Crippen molar-refractivity contribution in [2.24, 2.45) is 0 Å². The number of hydrogen-bond donors (Lipinski definition) is 1. The van der Waals surface area contributed by atoms with Crippen LogP contribution in [0.15, 0.2) is 30.3 Å². The maximum absolute atomic E-state index is 11.6. The van der Waals surface area contributed by atoms with Gasteiger partial charge in [0.1, 0.15) is 0 Å². The van der Waals surface area contributed by atoms with Gasteiger partial charge in [0.25, 0.3) is 5.91 Å². The van der Waals surface area contributed by atoms with Crippen LogP contribution in [-0.4, -0.2) is 24.0 Å². The summed E-state index contributed by atoms with van der Waals surface area (Å²) in [5.41, 5.74) is 0.796. The number of amides is 1. The molecule has 0 radical (unpaired) electrons. The molecule has 1 amide bonds. The van der Waals surface area contributed by atoms with E-state index in [9.17, 15) is 9.59 Å². The van der Waals surface area contributed by atoms with E-state index in [4.69, 9.17) is 16.3 Å². The molecule has 0 spiro atoms. The predicted octanol–water partition coefficient (Wildman–Crippen LogP) is 2.56. The average Bonchev–Trinajstić information content (AvgIpc) is 3.20. The van der Waals surface area contributed by atoms with Gasteiger partial charge in [-0.25, -0.2) is 4.79 Å². The lowest BCUT2D eigenvalue weighted by Crippen LogP contribution is -2.36. The first kappa shape index (κ1) is 14.6. The van der Waals surface area contributed by atoms with Crippen LogP contribution < -0.4 is 5.32 Å². The topological polar surface area (TPSA) is 55.4 Å². The highest BCUT2D eigenvalue weighted by Gasteiger charge is 2.26. The Morgan fingerprint density at radius 2 is 2.20 bits per heavy atom. The number of ether oxygens (including phenoxy) is 1. The van der Waals surface area contributed by atoms with E-state index in [1.165, 1.54) is 6.08 Å². The molecule has 4 nitrogen and oxygen atoms in total. The maximum atomic E-state index is 11.6. The second kappa shape index (κ2) is 6.57. The molecule has 0 aromatic heterocycles. The third-order valence-electron chi connectivity index (χ3n) is 2.85. The SMILES string of the molecule is C[C@@H](OC(=O)/C=C/c1cccc(Cl)c1)C(=O)NC1CC1. The summed E-state index contributed by atoms with van der Waals surface area (Å²) in [7, 11) is 0. The highest BCUT2D eigenvalue weighted by atomic mass is 35.5. The summed E-state index contributed by atoms with van der Waals surface area (Å²) in [4.78, 5) is 23.2. The van der Waals surface area contributed by atoms with Crippen molar-refractivity contribution in [2.75, 3.05) is 0 Å². The summed E-state index contributed by atoms with van der Waals surface area (Å²) in [6.07, 6.45) is 4.10. The molecule has 1 aromatic carbocycles. The molecule has 0 unspecified atom stereocenters. The first-order chi connectivity index (χ1) is 9.54. The summed E-state index contributed by atoms with van der Waals surface area (Å²) >= 11 is 5.84. The van der Waals surface area contributed by atoms with Crippen molar-refractivity contribution in [1.29, 1.82) is 0 Å². The summed E-state index contributed by atoms with van der Waals surface area (Å²) in [6.45, 7) is 1.56. The number of halogens is 1. The molecule has 0 aliphatic heterocycles. The minimum absolute atomic E-state index is 0.253. The van der Waals surface area contributed by atoms with Crippen molar-refractivity contribution in [3.8, 4) is 0 Å². The van der Waals surface area contributed by atoms with Gasteiger partial charge < -0.3 is 10.1 Å². The fourth-order valence-electron chi connectivity index (χ4n) is 1.59. The summed E-state index contributed by atoms with van der Waals surface area (Å²) in [5.74, 6) is -0.805. The van der Waals surface area contributed by atoms with Gasteiger partial charge in [0, 0.05) is 17.1 Å². The van der Waals surface area contributed by atoms with Gasteiger partial charge in [-0.1, -0.05) is 23.7 Å². The van der Waals surface area contributed by atoms with Gasteiger partial charge >= 0.3 is 5.97 Å². The smallest absolute Gasteiger partial charge is 0.331 e. The van der Waals surface area contributed by atoms with Gasteiger partial charge in [0.05, 0.1) is 0 Å². The Morgan fingerprint density at radius 3 is 2.85 bits per heavy atom. The molecule has 20 heavy (non-hydrogen) atoms. The number of esters is 1. The van der Waals surface area contributed by atoms with Crippen molar-refractivity contribution in [1.82, 2.24) is 5.32 Å². The lowest BCUT2D eigenvalue weighted by atomic mass is 10.2. The number of benzene rings is 1. The Labute approximate surface area is 122 Å². The van der Waals surface area contributed by atoms with E-state index in [1.807, 2.05) is 6.07 Å². The fraction of sp³-hybridized carbons (Fsp3) is 0.333. The number of carbonyl (C=O) groups is 2. The van der Waals surface area contributed by atoms with E-state index < -0.39 is 12.1 Å². The van der Waals surface area contributed by atoms with Crippen LogP contribution >= 0.6 is 11.6 Å². The van der Waals surface area contributed by atoms with Crippen LogP contribution in [0.1, 0.15) is 25.3 Å². The van der Waals surface area contributed by atoms with Crippen LogP contribution in [0.25, 0.3) is 6.08 Å². The second-order valence-electron chi connectivity index (χ2n) is 4.75. The van der Waals surface area contributed by atoms with Gasteiger partial charge in [0.15, 0.2) is 6.10 Å². The lowest BCUT2D eigenvalue weighted by molar-refractivity contribution is -0.150. The summed E-state index contributed by atoms with van der Waals surface area (Å²) in [5, 5.41) is 3.38. The predicted molar refractivity (Wildman–Crippen MR) is 77.2 cm³/mol. The number of carbonyl (C=O) groups excluding carboxylic acids is 2. The molecule has 1 aromatic rings. The Bertz CT molecular complexity index is 538. The van der Waals surface area contributed by atoms with E-state index in [1.54, 1.807) is 31.2 Å². The zero-order chi connectivity index (χ0) is 14.5. The van der Waals surface area contributed by atoms with E-state index in [-0.39, 0.29) is 11.9 Å². The molecule has 1 saturated carbocycles. The summed E-state index contributed by atoms with van der Waals surface area (Å²) in [6, 6.07) is 7.35. The normalized spacial score (nSPS) is 15.9. The van der Waals surface area contributed by atoms with Crippen LogP contribution in [0.4, 0.5) is 0 Å². The van der Waals surface area contributed by atoms with Gasteiger partial charge in [0.2, 0.25) is 0 Å². The molecule has 0 bridgehead atoms. The molecule has 2 rings (SSSR count). The van der Waals surface area contributed by atoms with Crippen LogP contribution in [0.5, 0.6) is 0 Å². The third kappa shape index (κ3) is 4.70. The van der Waals surface area contributed by atoms with Gasteiger partial charge in [-0.05, 0) is 43.5 Å². The minimum Gasteiger partial charge on any atom is -0.449 e. The largest absolute Gasteiger partial charge is 0.449 e. The monoisotopic (exact) mass is 293 g/mol. The molecule has 0 saturated heterocycles. The molecule has 0 heterocycles. The van der Waals surface area contributed by atoms with E-state index in [2.05, 4.69) is 5.32 Å². The van der Waals surface area contributed by atoms with E-state index in [0.717, 1.165) is 18.4 Å². The molecular formula is C15H16ClNO3. The zero-order valence-electron chi connectivity index (χ0n) is 11.1. The standard InChI is InChI=1S/C15H16ClNO3/c1-10(15(19)17-13-6-7-13)20-14(18)8-5-11-3-2-4-12(16)9-11/h2-5,8-10,13H,6-7H2,1H3,(H,17,19)/b8-5+/t10-/m1/s1. The first-order valence-corrected chi connectivity index (χ1v) is 6.87. The van der Waals surface area contributed by atoms with Crippen LogP contribution in [0, 0.1) is 0 Å². The third-order valence-corrected chi connectivity index (χ3v) is 3.08. The van der Waals surface area contributed by atoms with E-state index >= 15 is 0 Å². The molecule has 106 valence electrons. The Hall–Kier alpha value is -1.81. The highest BCUT2D eigenvalue weighted by molar-refractivity contribution is 6.30. The minimum atomic E-state index is -0.785. The lowest BCUT2D eigenvalue weighted by Gasteiger charge is -2.11. The molecule has 1 fully saturated rings. The van der Waals surface area contributed by atoms with Gasteiger partial charge in [-0.3, -0.25) is 4.79 Å². The second-order valence-corrected chi connectivity index (χ2v) is 5.19. The highest BCUT2D eigenvalue weighted by Crippen LogP contribution is 2.18. The zero-order valence-corrected chi connectivity index (χ0v) is 11.9. The number of nitrogens with one attached hydrogen (secondary N) is 1. The van der Waals surface area contributed by atoms with Crippen molar-refractivity contribution < 1.29 is 14.3 Å². The van der Waals surface area contributed by atoms with E-state index in [0.29, 0.717) is 5.02 Å². The molecule has 1 aliphatic carbocycles. The van der Waals surface area contributed by atoms with Crippen LogP contribution in [-0.2, 0) is 14.3 Å². The quantitative estimate of drug-likeness (QED) is 0.670. The average molecular weight is 294 g/mol. The van der Waals surface area contributed by atoms with Crippen LogP contribution in [0.3, 0.4) is 0 Å². The summed E-state index contributed by atoms with van der Waals surface area (Å²) < 4.78 is 5.02. The first-order valence-electron chi connectivity index (χ1n) is 6.49. The molecule has 5 heteroatoms. The van der Waals surface area contributed by atoms with Crippen molar-refractivity contribution in [3.05, 3.63) is 40.9 Å². The van der Waals surface area contributed by atoms with Gasteiger partial charge in [-0.2, -0.15) is 0 Å². The maximum Gasteiger partial charge on any atom is 0.331 e. The Kier molecular flexibility index (Phi) is 4.79. The Balaban J connectivity index is 1.83. The van der Waals surface area contributed by atoms with Crippen molar-refractivity contribution in [2.45, 2.75) is 31.9 Å². The molecule has 1 N–H and O–H groups in total. The van der Waals surface area contributed by atoms with Crippen molar-refractivity contribution >= 4 is 29.6 Å². The van der Waals surface area contributed by atoms with Gasteiger partial charge in [-0.15, -0.1) is 0 Å². The molecule has 1 atom stereocenters. The molecule has 1 aliphatic rings. The number of hydrogen-bond acceptors (Lipinski definition) is 3. The van der Waals surface area contributed by atoms with Crippen LogP contribution in [0.2, 0.25) is 5.02 Å². The Morgan fingerprint density at radius 1 is 1.45 bits per heavy atom. The fourth-order valence-corrected chi connectivity index (χ4v) is 1.79. The van der Waals surface area contributed by atoms with Crippen molar-refractivity contribution in [3.63, 3.8) is 0 Å². The number of rotatable bonds is 5. The molecular weight excluding hydrogens is 278 g/mol.